The van der Waals surface area contributed by atoms with E-state index in [1.807, 2.05) is 0 Å². The Morgan fingerprint density at radius 1 is 1.27 bits per heavy atom. The Kier molecular flexibility index (Phi) is 6.01. The van der Waals surface area contributed by atoms with Crippen molar-refractivity contribution in [2.24, 2.45) is 5.73 Å². The lowest BCUT2D eigenvalue weighted by Gasteiger charge is -2.14. The minimum absolute atomic E-state index is 0. The first kappa shape index (κ1) is 14.5. The predicted molar refractivity (Wildman–Crippen MR) is 64.2 cm³/mol. The highest BCUT2D eigenvalue weighted by molar-refractivity contribution is 6.57. The molecule has 1 aromatic carbocycles. The van der Waals surface area contributed by atoms with E-state index in [0.717, 1.165) is 11.6 Å². The molecule has 0 heterocycles. The Morgan fingerprint density at radius 3 is 2.33 bits per heavy atom. The minimum Gasteiger partial charge on any atom is -0.330 e. The number of hydrogen-bond donors (Lipinski definition) is 1. The van der Waals surface area contributed by atoms with Crippen LogP contribution in [0.2, 0.25) is 13.1 Å². The molecule has 1 aromatic rings. The van der Waals surface area contributed by atoms with Gasteiger partial charge in [-0.2, -0.15) is 0 Å². The van der Waals surface area contributed by atoms with Crippen molar-refractivity contribution in [1.82, 2.24) is 0 Å². The van der Waals surface area contributed by atoms with Crippen molar-refractivity contribution in [3.63, 3.8) is 0 Å². The van der Waals surface area contributed by atoms with Gasteiger partial charge in [-0.25, -0.2) is 8.78 Å². The average Bonchev–Trinajstić information content (AvgIpc) is 2.11. The van der Waals surface area contributed by atoms with Gasteiger partial charge in [0.05, 0.1) is 8.80 Å². The third-order valence-electron chi connectivity index (χ3n) is 2.31. The lowest BCUT2D eigenvalue weighted by Crippen LogP contribution is -2.35. The topological polar surface area (TPSA) is 26.0 Å². The maximum absolute atomic E-state index is 12.8. The van der Waals surface area contributed by atoms with E-state index in [9.17, 15) is 8.78 Å². The Labute approximate surface area is 96.7 Å². The first-order chi connectivity index (χ1) is 6.50. The molecule has 0 radical (unpaired) electrons. The van der Waals surface area contributed by atoms with E-state index in [0.29, 0.717) is 6.42 Å². The fraction of sp³-hybridized carbons (Fsp3) is 0.400. The summed E-state index contributed by atoms with van der Waals surface area (Å²) in [7, 11) is -0.901. The fourth-order valence-electron chi connectivity index (χ4n) is 1.17. The lowest BCUT2D eigenvalue weighted by atomic mass is 10.1. The summed E-state index contributed by atoms with van der Waals surface area (Å²) in [6, 6.07) is 3.97. The molecule has 15 heavy (non-hydrogen) atoms. The summed E-state index contributed by atoms with van der Waals surface area (Å²) in [6.07, 6.45) is 0.640. The van der Waals surface area contributed by atoms with E-state index >= 15 is 0 Å². The standard InChI is InChI=1S/C10H15F2NSi.ClH/c1-14(2)10(13)6-7-3-4-8(11)9(12)5-7;/h3-5,10,14H,6,13H2,1-2H3;1H. The van der Waals surface area contributed by atoms with Gasteiger partial charge in [0, 0.05) is 0 Å². The van der Waals surface area contributed by atoms with E-state index in [1.165, 1.54) is 6.07 Å². The molecule has 1 unspecified atom stereocenters. The zero-order valence-corrected chi connectivity index (χ0v) is 10.8. The molecule has 2 N–H and O–H groups in total. The molecule has 0 bridgehead atoms. The van der Waals surface area contributed by atoms with Crippen LogP contribution in [0.1, 0.15) is 5.56 Å². The van der Waals surface area contributed by atoms with Gasteiger partial charge in [0.1, 0.15) is 0 Å². The highest BCUT2D eigenvalue weighted by atomic mass is 35.5. The maximum Gasteiger partial charge on any atom is 0.159 e. The van der Waals surface area contributed by atoms with Gasteiger partial charge in [0.2, 0.25) is 0 Å². The Balaban J connectivity index is 0.00000196. The van der Waals surface area contributed by atoms with E-state index in [-0.39, 0.29) is 18.1 Å². The molecule has 86 valence electrons. The van der Waals surface area contributed by atoms with Gasteiger partial charge in [-0.05, 0) is 29.8 Å². The molecule has 0 aliphatic heterocycles. The molecule has 0 saturated carbocycles. The van der Waals surface area contributed by atoms with Crippen molar-refractivity contribution in [3.05, 3.63) is 35.4 Å². The molecule has 0 aliphatic rings. The van der Waals surface area contributed by atoms with Crippen LogP contribution in [0.5, 0.6) is 0 Å². The fourth-order valence-corrected chi connectivity index (χ4v) is 1.92. The summed E-state index contributed by atoms with van der Waals surface area (Å²) in [5, 5.41) is 0. The summed E-state index contributed by atoms with van der Waals surface area (Å²) in [5.41, 5.74) is 6.78. The highest BCUT2D eigenvalue weighted by Crippen LogP contribution is 2.10. The third kappa shape index (κ3) is 4.28. The average molecular weight is 252 g/mol. The first-order valence-corrected chi connectivity index (χ1v) is 7.68. The second-order valence-corrected chi connectivity index (χ2v) is 7.20. The van der Waals surface area contributed by atoms with Crippen LogP contribution in [-0.2, 0) is 6.42 Å². The molecule has 1 rings (SSSR count). The number of benzene rings is 1. The van der Waals surface area contributed by atoms with Crippen LogP contribution in [-0.4, -0.2) is 14.5 Å². The molecule has 0 fully saturated rings. The van der Waals surface area contributed by atoms with Crippen LogP contribution in [0.4, 0.5) is 8.78 Å². The highest BCUT2D eigenvalue weighted by Gasteiger charge is 2.11. The van der Waals surface area contributed by atoms with Gasteiger partial charge < -0.3 is 5.73 Å². The Bertz CT molecular complexity index is 320. The Morgan fingerprint density at radius 2 is 1.87 bits per heavy atom. The van der Waals surface area contributed by atoms with Crippen molar-refractivity contribution in [2.45, 2.75) is 25.2 Å². The van der Waals surface area contributed by atoms with Crippen molar-refractivity contribution >= 4 is 21.2 Å². The second-order valence-electron chi connectivity index (χ2n) is 3.86. The largest absolute Gasteiger partial charge is 0.330 e. The monoisotopic (exact) mass is 251 g/mol. The van der Waals surface area contributed by atoms with Gasteiger partial charge in [0.15, 0.2) is 11.6 Å². The Hall–Kier alpha value is -0.453. The first-order valence-electron chi connectivity index (χ1n) is 4.70. The van der Waals surface area contributed by atoms with E-state index in [4.69, 9.17) is 5.73 Å². The van der Waals surface area contributed by atoms with Crippen molar-refractivity contribution in [2.75, 3.05) is 0 Å². The maximum atomic E-state index is 12.8. The summed E-state index contributed by atoms with van der Waals surface area (Å²) in [4.78, 5) is 0. The summed E-state index contributed by atoms with van der Waals surface area (Å²) in [6.45, 7) is 4.29. The molecule has 0 aliphatic carbocycles. The van der Waals surface area contributed by atoms with Crippen LogP contribution in [0.25, 0.3) is 0 Å². The zero-order chi connectivity index (χ0) is 10.7. The smallest absolute Gasteiger partial charge is 0.159 e. The van der Waals surface area contributed by atoms with Gasteiger partial charge in [-0.1, -0.05) is 19.2 Å². The van der Waals surface area contributed by atoms with Gasteiger partial charge in [-0.15, -0.1) is 12.4 Å². The predicted octanol–water partition coefficient (Wildman–Crippen LogP) is 2.28. The van der Waals surface area contributed by atoms with Crippen LogP contribution in [0, 0.1) is 11.6 Å². The van der Waals surface area contributed by atoms with Crippen molar-refractivity contribution < 1.29 is 8.78 Å². The summed E-state index contributed by atoms with van der Waals surface area (Å²) in [5.74, 6) is -1.59. The normalized spacial score (nSPS) is 12.4. The zero-order valence-electron chi connectivity index (χ0n) is 8.84. The molecule has 0 amide bonds. The van der Waals surface area contributed by atoms with Crippen molar-refractivity contribution in [1.29, 1.82) is 0 Å². The van der Waals surface area contributed by atoms with Crippen LogP contribution < -0.4 is 5.73 Å². The minimum atomic E-state index is -0.901. The number of hydrogen-bond acceptors (Lipinski definition) is 1. The van der Waals surface area contributed by atoms with Gasteiger partial charge in [0.25, 0.3) is 0 Å². The van der Waals surface area contributed by atoms with E-state index in [1.54, 1.807) is 6.07 Å². The number of halogens is 3. The number of rotatable bonds is 3. The molecular formula is C10H16ClF2NSi. The summed E-state index contributed by atoms with van der Waals surface area (Å²) >= 11 is 0. The molecule has 0 saturated heterocycles. The molecular weight excluding hydrogens is 236 g/mol. The molecule has 0 aromatic heterocycles. The van der Waals surface area contributed by atoms with Crippen molar-refractivity contribution in [3.8, 4) is 0 Å². The number of nitrogens with two attached hydrogens (primary N) is 1. The van der Waals surface area contributed by atoms with Crippen LogP contribution in [0.3, 0.4) is 0 Å². The second kappa shape index (κ2) is 6.20. The van der Waals surface area contributed by atoms with Crippen LogP contribution >= 0.6 is 12.4 Å². The SMILES string of the molecule is C[SiH](C)C(N)Cc1ccc(F)c(F)c1.Cl. The lowest BCUT2D eigenvalue weighted by molar-refractivity contribution is 0.507. The van der Waals surface area contributed by atoms with Gasteiger partial charge in [-0.3, -0.25) is 0 Å². The summed E-state index contributed by atoms with van der Waals surface area (Å²) < 4.78 is 25.4. The molecule has 5 heteroatoms. The molecule has 0 spiro atoms. The quantitative estimate of drug-likeness (QED) is 0.820. The molecule has 1 atom stereocenters. The molecule has 1 nitrogen and oxygen atoms in total. The van der Waals surface area contributed by atoms with E-state index in [2.05, 4.69) is 13.1 Å². The third-order valence-corrected chi connectivity index (χ3v) is 4.26. The van der Waals surface area contributed by atoms with E-state index < -0.39 is 20.4 Å². The van der Waals surface area contributed by atoms with Gasteiger partial charge >= 0.3 is 0 Å². The van der Waals surface area contributed by atoms with Crippen LogP contribution in [0.15, 0.2) is 18.2 Å².